The smallest absolute Gasteiger partial charge is 0.339 e. The number of imidazole rings is 1. The van der Waals surface area contributed by atoms with Gasteiger partial charge in [0.2, 0.25) is 5.88 Å². The average molecular weight is 568 g/mol. The molecule has 1 aliphatic rings. The molecule has 3 aromatic heterocycles. The van der Waals surface area contributed by atoms with E-state index in [0.717, 1.165) is 43.0 Å². The van der Waals surface area contributed by atoms with Gasteiger partial charge in [0.25, 0.3) is 0 Å². The third kappa shape index (κ3) is 6.41. The normalized spacial score (nSPS) is 14.5. The lowest BCUT2D eigenvalue weighted by molar-refractivity contribution is 0.0600. The van der Waals surface area contributed by atoms with Crippen molar-refractivity contribution in [3.63, 3.8) is 0 Å². The molecule has 0 spiro atoms. The summed E-state index contributed by atoms with van der Waals surface area (Å²) in [5.74, 6) is 0.816. The Morgan fingerprint density at radius 3 is 2.70 bits per heavy atom. The van der Waals surface area contributed by atoms with Gasteiger partial charge in [-0.3, -0.25) is 4.90 Å². The second-order valence-electron chi connectivity index (χ2n) is 9.71. The number of esters is 1. The van der Waals surface area contributed by atoms with Crippen LogP contribution in [-0.4, -0.2) is 64.3 Å². The van der Waals surface area contributed by atoms with Gasteiger partial charge in [0, 0.05) is 48.1 Å². The second kappa shape index (κ2) is 12.7. The maximum absolute atomic E-state index is 14.1. The molecule has 1 saturated heterocycles. The van der Waals surface area contributed by atoms with Crippen molar-refractivity contribution in [1.82, 2.24) is 24.4 Å². The Morgan fingerprint density at radius 2 is 1.95 bits per heavy atom. The SMILES string of the molecule is COCCn1c(CN2CCC(c3cccc(OCc4ccc(Cl)cc4F)n3)CC2)nc2ncc(C(=O)OC)cc21. The summed E-state index contributed by atoms with van der Waals surface area (Å²) in [5.41, 5.74) is 3.16. The van der Waals surface area contributed by atoms with Crippen LogP contribution in [0.5, 0.6) is 5.88 Å². The van der Waals surface area contributed by atoms with Crippen molar-refractivity contribution in [2.45, 2.75) is 38.5 Å². The van der Waals surface area contributed by atoms with E-state index in [4.69, 9.17) is 35.8 Å². The summed E-state index contributed by atoms with van der Waals surface area (Å²) >= 11 is 5.84. The number of rotatable bonds is 10. The number of nitrogens with zero attached hydrogens (tertiary/aromatic N) is 5. The van der Waals surface area contributed by atoms with Gasteiger partial charge in [0.15, 0.2) is 5.65 Å². The minimum atomic E-state index is -0.433. The zero-order valence-electron chi connectivity index (χ0n) is 22.5. The van der Waals surface area contributed by atoms with Crippen LogP contribution in [0.1, 0.15) is 46.2 Å². The van der Waals surface area contributed by atoms with Crippen LogP contribution in [0.2, 0.25) is 5.02 Å². The largest absolute Gasteiger partial charge is 0.473 e. The van der Waals surface area contributed by atoms with E-state index in [1.165, 1.54) is 19.4 Å². The molecule has 0 aliphatic carbocycles. The summed E-state index contributed by atoms with van der Waals surface area (Å²) in [6, 6.07) is 12.0. The molecule has 1 aliphatic heterocycles. The van der Waals surface area contributed by atoms with Crippen LogP contribution in [0.3, 0.4) is 0 Å². The molecule has 9 nitrogen and oxygen atoms in total. The van der Waals surface area contributed by atoms with Crippen molar-refractivity contribution in [3.8, 4) is 5.88 Å². The van der Waals surface area contributed by atoms with Gasteiger partial charge >= 0.3 is 5.97 Å². The molecule has 1 aromatic carbocycles. The van der Waals surface area contributed by atoms with E-state index in [1.54, 1.807) is 31.4 Å². The van der Waals surface area contributed by atoms with E-state index in [-0.39, 0.29) is 6.61 Å². The van der Waals surface area contributed by atoms with Crippen molar-refractivity contribution in [3.05, 3.63) is 82.1 Å². The highest BCUT2D eigenvalue weighted by Crippen LogP contribution is 2.29. The van der Waals surface area contributed by atoms with Crippen molar-refractivity contribution >= 4 is 28.7 Å². The van der Waals surface area contributed by atoms with Crippen LogP contribution in [-0.2, 0) is 29.2 Å². The first-order valence-corrected chi connectivity index (χ1v) is 13.5. The lowest BCUT2D eigenvalue weighted by Gasteiger charge is -2.31. The first-order valence-electron chi connectivity index (χ1n) is 13.1. The quantitative estimate of drug-likeness (QED) is 0.247. The summed E-state index contributed by atoms with van der Waals surface area (Å²) in [5, 5.41) is 0.351. The number of benzene rings is 1. The van der Waals surface area contributed by atoms with Gasteiger partial charge in [0.1, 0.15) is 18.2 Å². The highest BCUT2D eigenvalue weighted by Gasteiger charge is 2.24. The third-order valence-electron chi connectivity index (χ3n) is 7.13. The lowest BCUT2D eigenvalue weighted by atomic mass is 9.93. The van der Waals surface area contributed by atoms with Gasteiger partial charge in [0.05, 0.1) is 31.3 Å². The molecule has 40 heavy (non-hydrogen) atoms. The molecule has 0 atom stereocenters. The number of likely N-dealkylation sites (tertiary alicyclic amines) is 1. The van der Waals surface area contributed by atoms with Gasteiger partial charge < -0.3 is 18.8 Å². The van der Waals surface area contributed by atoms with Crippen LogP contribution in [0.4, 0.5) is 4.39 Å². The standard InChI is InChI=1S/C29H31ClFN5O4/c1-38-13-12-36-25-14-21(29(37)39-2)16-32-28(25)34-26(36)17-35-10-8-19(9-11-35)24-4-3-5-27(33-24)40-18-20-6-7-22(30)15-23(20)31/h3-7,14-16,19H,8-13,17-18H2,1-2H3. The Balaban J connectivity index is 1.23. The maximum Gasteiger partial charge on any atom is 0.339 e. The molecule has 0 unspecified atom stereocenters. The number of fused-ring (bicyclic) bond motifs is 1. The minimum Gasteiger partial charge on any atom is -0.473 e. The van der Waals surface area contributed by atoms with Crippen LogP contribution in [0.25, 0.3) is 11.2 Å². The summed E-state index contributed by atoms with van der Waals surface area (Å²) in [6.45, 7) is 3.60. The number of carbonyl (C=O) groups is 1. The molecule has 0 radical (unpaired) electrons. The molecular formula is C29H31ClFN5O4. The van der Waals surface area contributed by atoms with E-state index < -0.39 is 11.8 Å². The first kappa shape index (κ1) is 27.9. The number of hydrogen-bond donors (Lipinski definition) is 0. The van der Waals surface area contributed by atoms with Gasteiger partial charge in [-0.15, -0.1) is 0 Å². The predicted molar refractivity (Wildman–Crippen MR) is 148 cm³/mol. The molecular weight excluding hydrogens is 537 g/mol. The lowest BCUT2D eigenvalue weighted by Crippen LogP contribution is -2.33. The van der Waals surface area contributed by atoms with Gasteiger partial charge in [-0.2, -0.15) is 0 Å². The molecule has 1 fully saturated rings. The predicted octanol–water partition coefficient (Wildman–Crippen LogP) is 5.01. The Labute approximate surface area is 236 Å². The van der Waals surface area contributed by atoms with Crippen LogP contribution in [0.15, 0.2) is 48.7 Å². The molecule has 5 rings (SSSR count). The van der Waals surface area contributed by atoms with Crippen molar-refractivity contribution in [2.75, 3.05) is 33.9 Å². The number of aromatic nitrogens is 4. The number of methoxy groups -OCH3 is 2. The molecule has 4 heterocycles. The fourth-order valence-corrected chi connectivity index (χ4v) is 5.11. The van der Waals surface area contributed by atoms with Crippen molar-refractivity contribution in [1.29, 1.82) is 0 Å². The third-order valence-corrected chi connectivity index (χ3v) is 7.37. The monoisotopic (exact) mass is 567 g/mol. The van der Waals surface area contributed by atoms with Gasteiger partial charge in [-0.25, -0.2) is 24.1 Å². The maximum atomic E-state index is 14.1. The van der Waals surface area contributed by atoms with Crippen LogP contribution < -0.4 is 4.74 Å². The van der Waals surface area contributed by atoms with Gasteiger partial charge in [-0.05, 0) is 50.2 Å². The zero-order valence-corrected chi connectivity index (χ0v) is 23.2. The Bertz CT molecular complexity index is 1490. The average Bonchev–Trinajstić information content (AvgIpc) is 3.31. The van der Waals surface area contributed by atoms with E-state index in [0.29, 0.717) is 53.3 Å². The van der Waals surface area contributed by atoms with Crippen LogP contribution in [0, 0.1) is 5.82 Å². The topological polar surface area (TPSA) is 91.6 Å². The highest BCUT2D eigenvalue weighted by molar-refractivity contribution is 6.30. The Morgan fingerprint density at radius 1 is 1.12 bits per heavy atom. The number of ether oxygens (including phenoxy) is 3. The molecule has 0 saturated carbocycles. The van der Waals surface area contributed by atoms with Crippen molar-refractivity contribution in [2.24, 2.45) is 0 Å². The Kier molecular flexibility index (Phi) is 8.88. The summed E-state index contributed by atoms with van der Waals surface area (Å²) in [7, 11) is 3.01. The summed E-state index contributed by atoms with van der Waals surface area (Å²) < 4.78 is 32.1. The number of piperidine rings is 1. The number of halogens is 2. The first-order chi connectivity index (χ1) is 19.4. The van der Waals surface area contributed by atoms with E-state index in [2.05, 4.69) is 14.5 Å². The minimum absolute atomic E-state index is 0.0813. The van der Waals surface area contributed by atoms with Gasteiger partial charge in [-0.1, -0.05) is 23.7 Å². The molecule has 0 N–H and O–H groups in total. The zero-order chi connectivity index (χ0) is 28.1. The van der Waals surface area contributed by atoms with E-state index in [1.807, 2.05) is 12.1 Å². The fraction of sp³-hybridized carbons (Fsp3) is 0.379. The molecule has 0 amide bonds. The fourth-order valence-electron chi connectivity index (χ4n) is 4.95. The highest BCUT2D eigenvalue weighted by atomic mass is 35.5. The molecule has 4 aromatic rings. The molecule has 11 heteroatoms. The van der Waals surface area contributed by atoms with Crippen LogP contribution >= 0.6 is 11.6 Å². The summed E-state index contributed by atoms with van der Waals surface area (Å²) in [6.07, 6.45) is 3.37. The second-order valence-corrected chi connectivity index (χ2v) is 10.1. The van der Waals surface area contributed by atoms with E-state index >= 15 is 0 Å². The number of carbonyl (C=O) groups excluding carboxylic acids is 1. The summed E-state index contributed by atoms with van der Waals surface area (Å²) in [4.78, 5) is 28.3. The van der Waals surface area contributed by atoms with Crippen molar-refractivity contribution < 1.29 is 23.4 Å². The molecule has 210 valence electrons. The molecule has 0 bridgehead atoms. The number of pyridine rings is 2. The van der Waals surface area contributed by atoms with E-state index in [9.17, 15) is 9.18 Å². The number of hydrogen-bond acceptors (Lipinski definition) is 8. The Hall–Kier alpha value is -3.60.